The second-order valence-corrected chi connectivity index (χ2v) is 15.9. The van der Waals surface area contributed by atoms with E-state index in [1.807, 2.05) is 24.8 Å². The summed E-state index contributed by atoms with van der Waals surface area (Å²) in [6, 6.07) is 4.59. The summed E-state index contributed by atoms with van der Waals surface area (Å²) in [7, 11) is 0. The van der Waals surface area contributed by atoms with Gasteiger partial charge in [0.25, 0.3) is 0 Å². The minimum absolute atomic E-state index is 0.00815. The molecule has 0 spiro atoms. The number of allylic oxidation sites excluding steroid dienone is 1. The second-order valence-electron chi connectivity index (χ2n) is 14.2. The van der Waals surface area contributed by atoms with E-state index in [-0.39, 0.29) is 38.4 Å². The molecule has 0 bridgehead atoms. The van der Waals surface area contributed by atoms with Crippen molar-refractivity contribution in [3.8, 4) is 17.6 Å². The van der Waals surface area contributed by atoms with Gasteiger partial charge < -0.3 is 10.2 Å². The Bertz CT molecular complexity index is 1180. The Morgan fingerprint density at radius 2 is 1.67 bits per heavy atom. The minimum atomic E-state index is -0.226. The molecule has 3 saturated carbocycles. The summed E-state index contributed by atoms with van der Waals surface area (Å²) in [6.07, 6.45) is 10.3. The minimum Gasteiger partial charge on any atom is -0.504 e. The number of hydrogen-bond acceptors (Lipinski definition) is 4. The van der Waals surface area contributed by atoms with E-state index >= 15 is 0 Å². The number of hydrogen-bond donors (Lipinski definition) is 2. The molecule has 2 N–H and O–H groups in total. The quantitative estimate of drug-likeness (QED) is 0.310. The highest BCUT2D eigenvalue weighted by Crippen LogP contribution is 2.75. The highest BCUT2D eigenvalue weighted by Gasteiger charge is 2.66. The van der Waals surface area contributed by atoms with Gasteiger partial charge in [0.05, 0.1) is 11.5 Å². The molecule has 3 fully saturated rings. The third-order valence-electron chi connectivity index (χ3n) is 11.8. The Morgan fingerprint density at radius 3 is 2.31 bits per heavy atom. The molecule has 0 heterocycles. The van der Waals surface area contributed by atoms with Crippen molar-refractivity contribution in [3.05, 3.63) is 34.4 Å². The van der Waals surface area contributed by atoms with Crippen molar-refractivity contribution < 1.29 is 10.2 Å². The average Bonchev–Trinajstić information content (AvgIpc) is 2.81. The molecular formula is C32H45NO2S. The summed E-state index contributed by atoms with van der Waals surface area (Å²) in [6.45, 7) is 18.6. The highest BCUT2D eigenvalue weighted by atomic mass is 32.2. The molecule has 1 unspecified atom stereocenters. The fourth-order valence-corrected chi connectivity index (χ4v) is 10.4. The van der Waals surface area contributed by atoms with Gasteiger partial charge in [-0.3, -0.25) is 0 Å². The average molecular weight is 508 g/mol. The summed E-state index contributed by atoms with van der Waals surface area (Å²) in [4.78, 5) is 0. The van der Waals surface area contributed by atoms with Gasteiger partial charge in [0.1, 0.15) is 0 Å². The summed E-state index contributed by atoms with van der Waals surface area (Å²) < 4.78 is 0. The van der Waals surface area contributed by atoms with Crippen LogP contribution in [0.1, 0.15) is 115 Å². The van der Waals surface area contributed by atoms with Crippen LogP contribution in [-0.4, -0.2) is 15.5 Å². The van der Waals surface area contributed by atoms with E-state index in [9.17, 15) is 15.5 Å². The molecular weight excluding hydrogens is 462 g/mol. The Hall–Kier alpha value is -1.60. The monoisotopic (exact) mass is 507 g/mol. The highest BCUT2D eigenvalue weighted by molar-refractivity contribution is 8.00. The fourth-order valence-electron chi connectivity index (χ4n) is 9.19. The molecule has 0 amide bonds. The van der Waals surface area contributed by atoms with Crippen molar-refractivity contribution in [2.75, 3.05) is 0 Å². The molecule has 4 heteroatoms. The Morgan fingerprint density at radius 1 is 1.00 bits per heavy atom. The van der Waals surface area contributed by atoms with Crippen LogP contribution < -0.4 is 0 Å². The van der Waals surface area contributed by atoms with Gasteiger partial charge in [0, 0.05) is 10.7 Å². The molecule has 0 aromatic heterocycles. The van der Waals surface area contributed by atoms with Gasteiger partial charge in [-0.15, -0.1) is 11.8 Å². The zero-order chi connectivity index (χ0) is 26.5. The van der Waals surface area contributed by atoms with Gasteiger partial charge >= 0.3 is 0 Å². The number of fused-ring (bicyclic) bond motifs is 7. The van der Waals surface area contributed by atoms with Gasteiger partial charge in [-0.1, -0.05) is 53.2 Å². The summed E-state index contributed by atoms with van der Waals surface area (Å²) in [5, 5.41) is 32.1. The van der Waals surface area contributed by atoms with Crippen LogP contribution in [0.2, 0.25) is 0 Å². The van der Waals surface area contributed by atoms with Crippen LogP contribution in [-0.2, 0) is 5.41 Å². The molecule has 7 atom stereocenters. The molecule has 4 aliphatic carbocycles. The maximum Gasteiger partial charge on any atom is 0.160 e. The molecule has 3 nitrogen and oxygen atoms in total. The van der Waals surface area contributed by atoms with E-state index in [1.165, 1.54) is 24.0 Å². The molecule has 4 aliphatic rings. The predicted molar refractivity (Wildman–Crippen MR) is 149 cm³/mol. The molecule has 0 saturated heterocycles. The van der Waals surface area contributed by atoms with Crippen molar-refractivity contribution in [1.29, 1.82) is 5.26 Å². The lowest BCUT2D eigenvalue weighted by molar-refractivity contribution is -0.152. The third kappa shape index (κ3) is 3.30. The van der Waals surface area contributed by atoms with E-state index in [1.54, 1.807) is 5.57 Å². The Kier molecular flexibility index (Phi) is 5.75. The van der Waals surface area contributed by atoms with Crippen LogP contribution in [0, 0.1) is 45.8 Å². The molecule has 0 aliphatic heterocycles. The molecule has 196 valence electrons. The molecule has 1 aromatic rings. The number of thioether (sulfide) groups is 1. The first-order valence-electron chi connectivity index (χ1n) is 14.0. The fraction of sp³-hybridized carbons (Fsp3) is 0.719. The van der Waals surface area contributed by atoms with Crippen LogP contribution in [0.15, 0.2) is 17.7 Å². The van der Waals surface area contributed by atoms with Crippen LogP contribution >= 0.6 is 11.8 Å². The number of nitriles is 1. The lowest BCUT2D eigenvalue weighted by Gasteiger charge is -2.70. The van der Waals surface area contributed by atoms with Crippen molar-refractivity contribution in [3.63, 3.8) is 0 Å². The van der Waals surface area contributed by atoms with Crippen LogP contribution in [0.5, 0.6) is 11.5 Å². The Labute approximate surface area is 222 Å². The number of phenolic OH excluding ortho intramolecular Hbond substituents is 2. The molecule has 1 aromatic carbocycles. The number of rotatable bonds is 2. The van der Waals surface area contributed by atoms with Crippen molar-refractivity contribution in [1.82, 2.24) is 0 Å². The van der Waals surface area contributed by atoms with E-state index in [0.29, 0.717) is 16.6 Å². The van der Waals surface area contributed by atoms with E-state index in [2.05, 4.69) is 60.6 Å². The zero-order valence-electron chi connectivity index (χ0n) is 23.6. The van der Waals surface area contributed by atoms with E-state index < -0.39 is 0 Å². The molecule has 5 rings (SSSR count). The van der Waals surface area contributed by atoms with Crippen molar-refractivity contribution in [2.45, 2.75) is 116 Å². The van der Waals surface area contributed by atoms with Gasteiger partial charge in [0.15, 0.2) is 11.5 Å². The first-order chi connectivity index (χ1) is 16.6. The van der Waals surface area contributed by atoms with Gasteiger partial charge in [-0.2, -0.15) is 5.26 Å². The number of benzene rings is 1. The third-order valence-corrected chi connectivity index (χ3v) is 13.0. The summed E-state index contributed by atoms with van der Waals surface area (Å²) >= 11 is 1.95. The number of phenols is 2. The van der Waals surface area contributed by atoms with Crippen LogP contribution in [0.25, 0.3) is 0 Å². The van der Waals surface area contributed by atoms with Crippen LogP contribution in [0.3, 0.4) is 0 Å². The first kappa shape index (κ1) is 26.0. The van der Waals surface area contributed by atoms with Crippen molar-refractivity contribution >= 4 is 11.8 Å². The lowest BCUT2D eigenvalue weighted by Crippen LogP contribution is -2.62. The van der Waals surface area contributed by atoms with Gasteiger partial charge in [0.2, 0.25) is 0 Å². The maximum absolute atomic E-state index is 10.7. The Balaban J connectivity index is 1.70. The number of aromatic hydroxyl groups is 2. The standard InChI is InChI=1S/C32H45NO2S/c1-19(2)36-23-16-24-30(6,21-15-22(34)27(35)20(3)26(21)23)12-14-32(8)25-17-28(4,18-33)9-10-29(25,5)11-13-31(24,32)7/h15-16,19,23,25,34-35H,9-14,17H2,1-8H3/t23?,25-,28-,29-,30+,31-,32+/m1/s1. The van der Waals surface area contributed by atoms with E-state index in [4.69, 9.17) is 0 Å². The summed E-state index contributed by atoms with van der Waals surface area (Å²) in [5.74, 6) is 0.566. The predicted octanol–water partition coefficient (Wildman–Crippen LogP) is 8.72. The summed E-state index contributed by atoms with van der Waals surface area (Å²) in [5.41, 5.74) is 4.88. The molecule has 36 heavy (non-hydrogen) atoms. The SMILES string of the molecule is Cc1c(O)c(O)cc2c1C(SC(C)C)C=C1[C@@]2(C)CC[C@@]2(C)[C@@H]3C[C@](C)(C#N)CC[C@]3(C)CC[C@]12C. The van der Waals surface area contributed by atoms with Crippen molar-refractivity contribution in [2.24, 2.45) is 27.6 Å². The molecule has 0 radical (unpaired) electrons. The van der Waals surface area contributed by atoms with Crippen LogP contribution in [0.4, 0.5) is 0 Å². The smallest absolute Gasteiger partial charge is 0.160 e. The van der Waals surface area contributed by atoms with Gasteiger partial charge in [-0.25, -0.2) is 0 Å². The topological polar surface area (TPSA) is 64.2 Å². The zero-order valence-corrected chi connectivity index (χ0v) is 24.4. The van der Waals surface area contributed by atoms with Gasteiger partial charge in [-0.05, 0) is 109 Å². The lowest BCUT2D eigenvalue weighted by atomic mass is 9.34. The number of nitrogens with zero attached hydrogens (tertiary/aromatic N) is 1. The second kappa shape index (κ2) is 7.95. The van der Waals surface area contributed by atoms with E-state index in [0.717, 1.165) is 37.7 Å². The normalized spacial score (nSPS) is 43.5. The largest absolute Gasteiger partial charge is 0.504 e. The first-order valence-corrected chi connectivity index (χ1v) is 14.9. The maximum atomic E-state index is 10.7.